The van der Waals surface area contributed by atoms with Crippen LogP contribution in [-0.4, -0.2) is 24.8 Å². The summed E-state index contributed by atoms with van der Waals surface area (Å²) < 4.78 is 21.1. The lowest BCUT2D eigenvalue weighted by Gasteiger charge is -2.05. The number of rotatable bonds is 7. The highest BCUT2D eigenvalue weighted by Gasteiger charge is 2.12. The van der Waals surface area contributed by atoms with Gasteiger partial charge in [0.25, 0.3) is 0 Å². The maximum absolute atomic E-state index is 12.1. The van der Waals surface area contributed by atoms with Crippen LogP contribution < -0.4 is 9.47 Å². The van der Waals surface area contributed by atoms with E-state index in [0.717, 1.165) is 11.3 Å². The van der Waals surface area contributed by atoms with Crippen molar-refractivity contribution >= 4 is 5.97 Å². The van der Waals surface area contributed by atoms with Gasteiger partial charge in [-0.2, -0.15) is 0 Å². The normalized spacial score (nSPS) is 10.4. The molecule has 6 nitrogen and oxygen atoms in total. The lowest BCUT2D eigenvalue weighted by atomic mass is 10.1. The van der Waals surface area contributed by atoms with Crippen molar-refractivity contribution in [1.29, 1.82) is 0 Å². The third kappa shape index (κ3) is 4.22. The zero-order chi connectivity index (χ0) is 18.4. The molecule has 0 saturated carbocycles. The van der Waals surface area contributed by atoms with Crippen molar-refractivity contribution < 1.29 is 23.5 Å². The summed E-state index contributed by atoms with van der Waals surface area (Å²) in [6.07, 6.45) is 0. The van der Waals surface area contributed by atoms with E-state index < -0.39 is 5.97 Å². The topological polar surface area (TPSA) is 70.8 Å². The summed E-state index contributed by atoms with van der Waals surface area (Å²) in [5.41, 5.74) is 1.81. The Morgan fingerprint density at radius 2 is 1.88 bits per heavy atom. The first-order chi connectivity index (χ1) is 12.7. The number of nitrogens with zero attached hydrogens (tertiary/aromatic N) is 1. The molecular weight excluding hydrogens is 334 g/mol. The summed E-state index contributed by atoms with van der Waals surface area (Å²) in [6, 6.07) is 16.0. The Hall–Kier alpha value is -3.28. The van der Waals surface area contributed by atoms with Crippen LogP contribution in [0.3, 0.4) is 0 Å². The van der Waals surface area contributed by atoms with E-state index in [9.17, 15) is 4.79 Å². The SMILES string of the molecule is CCOc1ccc(C(=O)OCc2cc(-c3cccc(OC)c3)on2)cc1. The van der Waals surface area contributed by atoms with E-state index in [1.54, 1.807) is 37.4 Å². The van der Waals surface area contributed by atoms with E-state index in [1.807, 2.05) is 31.2 Å². The Labute approximate surface area is 151 Å². The van der Waals surface area contributed by atoms with E-state index >= 15 is 0 Å². The van der Waals surface area contributed by atoms with Crippen molar-refractivity contribution in [2.45, 2.75) is 13.5 Å². The number of hydrogen-bond acceptors (Lipinski definition) is 6. The quantitative estimate of drug-likeness (QED) is 0.596. The van der Waals surface area contributed by atoms with Gasteiger partial charge in [0.2, 0.25) is 0 Å². The zero-order valence-corrected chi connectivity index (χ0v) is 14.6. The van der Waals surface area contributed by atoms with Gasteiger partial charge in [0.05, 0.1) is 19.3 Å². The summed E-state index contributed by atoms with van der Waals surface area (Å²) in [6.45, 7) is 2.50. The standard InChI is InChI=1S/C20H19NO5/c1-3-24-17-9-7-14(8-10-17)20(22)25-13-16-12-19(26-21-16)15-5-4-6-18(11-15)23-2/h4-12H,3,13H2,1-2H3. The highest BCUT2D eigenvalue weighted by Crippen LogP contribution is 2.24. The van der Waals surface area contributed by atoms with Gasteiger partial charge in [-0.15, -0.1) is 0 Å². The summed E-state index contributed by atoms with van der Waals surface area (Å²) in [7, 11) is 1.60. The average molecular weight is 353 g/mol. The number of benzene rings is 2. The van der Waals surface area contributed by atoms with E-state index in [1.165, 1.54) is 0 Å². The number of aromatic nitrogens is 1. The molecule has 0 spiro atoms. The fraction of sp³-hybridized carbons (Fsp3) is 0.200. The van der Waals surface area contributed by atoms with Gasteiger partial charge < -0.3 is 18.7 Å². The van der Waals surface area contributed by atoms with Crippen molar-refractivity contribution in [1.82, 2.24) is 5.16 Å². The summed E-state index contributed by atoms with van der Waals surface area (Å²) in [5, 5.41) is 3.94. The van der Waals surface area contributed by atoms with Gasteiger partial charge in [-0.3, -0.25) is 0 Å². The minimum Gasteiger partial charge on any atom is -0.497 e. The summed E-state index contributed by atoms with van der Waals surface area (Å²) in [4.78, 5) is 12.1. The minimum absolute atomic E-state index is 0.0273. The molecule has 0 amide bonds. The lowest BCUT2D eigenvalue weighted by Crippen LogP contribution is -2.05. The Kier molecular flexibility index (Phi) is 5.53. The van der Waals surface area contributed by atoms with Crippen molar-refractivity contribution in [2.75, 3.05) is 13.7 Å². The van der Waals surface area contributed by atoms with E-state index in [2.05, 4.69) is 5.16 Å². The average Bonchev–Trinajstić information content (AvgIpc) is 3.16. The molecule has 0 aliphatic carbocycles. The molecule has 0 fully saturated rings. The van der Waals surface area contributed by atoms with Crippen LogP contribution in [0, 0.1) is 0 Å². The van der Waals surface area contributed by atoms with Gasteiger partial charge >= 0.3 is 5.97 Å². The molecule has 0 radical (unpaired) electrons. The lowest BCUT2D eigenvalue weighted by molar-refractivity contribution is 0.0464. The van der Waals surface area contributed by atoms with Gasteiger partial charge in [-0.25, -0.2) is 4.79 Å². The van der Waals surface area contributed by atoms with E-state index in [-0.39, 0.29) is 6.61 Å². The van der Waals surface area contributed by atoms with Crippen LogP contribution in [0.2, 0.25) is 0 Å². The fourth-order valence-corrected chi connectivity index (χ4v) is 2.37. The molecule has 26 heavy (non-hydrogen) atoms. The van der Waals surface area contributed by atoms with Crippen molar-refractivity contribution in [3.63, 3.8) is 0 Å². The number of hydrogen-bond donors (Lipinski definition) is 0. The van der Waals surface area contributed by atoms with Crippen LogP contribution in [0.5, 0.6) is 11.5 Å². The van der Waals surface area contributed by atoms with Gasteiger partial charge in [-0.1, -0.05) is 17.3 Å². The molecule has 1 heterocycles. The molecule has 0 saturated heterocycles. The van der Waals surface area contributed by atoms with Gasteiger partial charge in [0.15, 0.2) is 5.76 Å². The first-order valence-corrected chi connectivity index (χ1v) is 8.19. The number of esters is 1. The second-order valence-electron chi connectivity index (χ2n) is 5.45. The van der Waals surface area contributed by atoms with Crippen molar-refractivity contribution in [3.05, 3.63) is 65.9 Å². The predicted octanol–water partition coefficient (Wildman–Crippen LogP) is 4.11. The Morgan fingerprint density at radius 1 is 1.08 bits per heavy atom. The highest BCUT2D eigenvalue weighted by atomic mass is 16.5. The van der Waals surface area contributed by atoms with Gasteiger partial charge in [0, 0.05) is 11.6 Å². The molecule has 134 valence electrons. The predicted molar refractivity (Wildman–Crippen MR) is 95.2 cm³/mol. The van der Waals surface area contributed by atoms with E-state index in [0.29, 0.717) is 29.4 Å². The largest absolute Gasteiger partial charge is 0.497 e. The van der Waals surface area contributed by atoms with Crippen LogP contribution in [0.25, 0.3) is 11.3 Å². The molecule has 0 aliphatic heterocycles. The van der Waals surface area contributed by atoms with Crippen molar-refractivity contribution in [2.24, 2.45) is 0 Å². The van der Waals surface area contributed by atoms with Crippen LogP contribution >= 0.6 is 0 Å². The number of carbonyl (C=O) groups is 1. The molecule has 0 atom stereocenters. The molecule has 3 rings (SSSR count). The third-order valence-electron chi connectivity index (χ3n) is 3.67. The molecule has 0 bridgehead atoms. The molecule has 3 aromatic rings. The van der Waals surface area contributed by atoms with E-state index in [4.69, 9.17) is 18.7 Å². The van der Waals surface area contributed by atoms with Gasteiger partial charge in [0.1, 0.15) is 23.8 Å². The molecule has 0 unspecified atom stereocenters. The molecule has 6 heteroatoms. The Morgan fingerprint density at radius 3 is 2.62 bits per heavy atom. The van der Waals surface area contributed by atoms with Crippen LogP contribution in [0.1, 0.15) is 23.0 Å². The van der Waals surface area contributed by atoms with Crippen LogP contribution in [0.4, 0.5) is 0 Å². The molecule has 0 N–H and O–H groups in total. The first kappa shape index (κ1) is 17.5. The fourth-order valence-electron chi connectivity index (χ4n) is 2.37. The molecule has 1 aromatic heterocycles. The summed E-state index contributed by atoms with van der Waals surface area (Å²) >= 11 is 0. The maximum atomic E-state index is 12.1. The highest BCUT2D eigenvalue weighted by molar-refractivity contribution is 5.89. The monoisotopic (exact) mass is 353 g/mol. The second-order valence-corrected chi connectivity index (χ2v) is 5.45. The maximum Gasteiger partial charge on any atom is 0.338 e. The third-order valence-corrected chi connectivity index (χ3v) is 3.67. The van der Waals surface area contributed by atoms with Crippen LogP contribution in [-0.2, 0) is 11.3 Å². The smallest absolute Gasteiger partial charge is 0.338 e. The minimum atomic E-state index is -0.432. The zero-order valence-electron chi connectivity index (χ0n) is 14.6. The molecule has 0 aliphatic rings. The van der Waals surface area contributed by atoms with Crippen molar-refractivity contribution in [3.8, 4) is 22.8 Å². The Balaban J connectivity index is 1.61. The summed E-state index contributed by atoms with van der Waals surface area (Å²) in [5.74, 6) is 1.58. The van der Waals surface area contributed by atoms with Gasteiger partial charge in [-0.05, 0) is 43.3 Å². The number of methoxy groups -OCH3 is 1. The molecule has 2 aromatic carbocycles. The molecular formula is C20H19NO5. The number of ether oxygens (including phenoxy) is 3. The Bertz CT molecular complexity index is 870. The first-order valence-electron chi connectivity index (χ1n) is 8.19. The van der Waals surface area contributed by atoms with Crippen LogP contribution in [0.15, 0.2) is 59.1 Å². The second kappa shape index (κ2) is 8.20. The number of carbonyl (C=O) groups excluding carboxylic acids is 1.